The maximum Gasteiger partial charge on any atom is 0.425 e. The van der Waals surface area contributed by atoms with Crippen molar-refractivity contribution in [1.82, 2.24) is 13.8 Å². The third-order valence-electron chi connectivity index (χ3n) is 7.03. The van der Waals surface area contributed by atoms with Gasteiger partial charge in [0.25, 0.3) is 0 Å². The minimum absolute atomic E-state index is 0.00585. The van der Waals surface area contributed by atoms with Gasteiger partial charge in [-0.3, -0.25) is 0 Å². The van der Waals surface area contributed by atoms with Crippen molar-refractivity contribution in [1.29, 1.82) is 0 Å². The van der Waals surface area contributed by atoms with Crippen LogP contribution >= 0.6 is 0 Å². The maximum absolute atomic E-state index is 14.9. The number of hydrogen-bond acceptors (Lipinski definition) is 4. The molecule has 6 rings (SSSR count). The number of aliphatic hydroxyl groups is 1. The number of halogens is 4. The van der Waals surface area contributed by atoms with Crippen LogP contribution < -0.4 is 0 Å². The number of fused-ring (bicyclic) bond motifs is 2. The number of nitrogens with zero attached hydrogens (tertiary/aromatic N) is 3. The molecule has 11 heteroatoms. The van der Waals surface area contributed by atoms with E-state index in [1.165, 1.54) is 71.5 Å². The summed E-state index contributed by atoms with van der Waals surface area (Å²) in [5.74, 6) is -0.905. The van der Waals surface area contributed by atoms with E-state index in [1.54, 1.807) is 30.3 Å². The Hall–Kier alpha value is -4.48. The lowest BCUT2D eigenvalue weighted by Gasteiger charge is -2.31. The van der Waals surface area contributed by atoms with Gasteiger partial charge < -0.3 is 5.11 Å². The van der Waals surface area contributed by atoms with E-state index < -0.39 is 44.5 Å². The van der Waals surface area contributed by atoms with Gasteiger partial charge in [0.05, 0.1) is 28.7 Å². The van der Waals surface area contributed by atoms with E-state index in [0.29, 0.717) is 16.8 Å². The quantitative estimate of drug-likeness (QED) is 0.235. The first-order valence-corrected chi connectivity index (χ1v) is 14.0. The highest BCUT2D eigenvalue weighted by Gasteiger charge is 2.57. The van der Waals surface area contributed by atoms with E-state index in [4.69, 9.17) is 0 Å². The Morgan fingerprint density at radius 2 is 1.51 bits per heavy atom. The molecule has 4 aromatic carbocycles. The molecule has 0 bridgehead atoms. The fourth-order valence-corrected chi connectivity index (χ4v) is 6.52. The molecule has 0 aliphatic heterocycles. The van der Waals surface area contributed by atoms with Gasteiger partial charge in [-0.15, -0.1) is 0 Å². The number of rotatable bonds is 6. The van der Waals surface area contributed by atoms with Crippen LogP contribution in [0.3, 0.4) is 0 Å². The lowest BCUT2D eigenvalue weighted by atomic mass is 9.85. The molecule has 208 valence electrons. The average Bonchev–Trinajstić information content (AvgIpc) is 3.55. The van der Waals surface area contributed by atoms with E-state index in [1.807, 2.05) is 0 Å². The highest BCUT2D eigenvalue weighted by Crippen LogP contribution is 2.48. The van der Waals surface area contributed by atoms with E-state index in [2.05, 4.69) is 5.10 Å². The van der Waals surface area contributed by atoms with E-state index in [0.717, 1.165) is 16.2 Å². The molecular formula is C30H21F4N3O3S. The zero-order chi connectivity index (χ0) is 29.0. The van der Waals surface area contributed by atoms with Gasteiger partial charge in [0.1, 0.15) is 5.82 Å². The van der Waals surface area contributed by atoms with Crippen LogP contribution in [0.15, 0.2) is 109 Å². The predicted octanol–water partition coefficient (Wildman–Crippen LogP) is 6.30. The fourth-order valence-electron chi connectivity index (χ4n) is 5.04. The van der Waals surface area contributed by atoms with E-state index >= 15 is 0 Å². The van der Waals surface area contributed by atoms with Crippen molar-refractivity contribution in [3.8, 4) is 5.69 Å². The molecule has 2 aromatic heterocycles. The Kier molecular flexibility index (Phi) is 6.24. The molecule has 0 saturated carbocycles. The van der Waals surface area contributed by atoms with Crippen LogP contribution in [0.25, 0.3) is 27.5 Å². The number of alkyl halides is 3. The molecule has 2 heterocycles. The minimum atomic E-state index is -5.23. The van der Waals surface area contributed by atoms with Gasteiger partial charge in [-0.25, -0.2) is 21.5 Å². The summed E-state index contributed by atoms with van der Waals surface area (Å²) in [6.07, 6.45) is -3.04. The minimum Gasteiger partial charge on any atom is -0.372 e. The van der Waals surface area contributed by atoms with Crippen LogP contribution in [0.1, 0.15) is 16.7 Å². The highest BCUT2D eigenvalue weighted by molar-refractivity contribution is 7.89. The van der Waals surface area contributed by atoms with Gasteiger partial charge in [0.15, 0.2) is 0 Å². The lowest BCUT2D eigenvalue weighted by Crippen LogP contribution is -2.43. The second-order valence-corrected chi connectivity index (χ2v) is 11.5. The Bertz CT molecular complexity index is 2000. The van der Waals surface area contributed by atoms with Crippen molar-refractivity contribution in [3.63, 3.8) is 0 Å². The average molecular weight is 580 g/mol. The molecule has 0 radical (unpaired) electrons. The van der Waals surface area contributed by atoms with E-state index in [9.17, 15) is 31.1 Å². The largest absolute Gasteiger partial charge is 0.425 e. The van der Waals surface area contributed by atoms with Crippen LogP contribution in [-0.4, -0.2) is 33.5 Å². The summed E-state index contributed by atoms with van der Waals surface area (Å²) in [5, 5.41) is 16.0. The van der Waals surface area contributed by atoms with Crippen LogP contribution in [-0.2, 0) is 21.4 Å². The van der Waals surface area contributed by atoms with Gasteiger partial charge in [-0.1, -0.05) is 54.6 Å². The normalized spacial score (nSPS) is 14.0. The van der Waals surface area contributed by atoms with Gasteiger partial charge in [-0.2, -0.15) is 18.3 Å². The van der Waals surface area contributed by atoms with Gasteiger partial charge in [0.2, 0.25) is 15.6 Å². The smallest absolute Gasteiger partial charge is 0.372 e. The Labute approximate surface area is 231 Å². The van der Waals surface area contributed by atoms with Crippen molar-refractivity contribution < 1.29 is 31.1 Å². The van der Waals surface area contributed by atoms with Crippen molar-refractivity contribution in [3.05, 3.63) is 132 Å². The number of aromatic nitrogens is 3. The Morgan fingerprint density at radius 1 is 0.829 bits per heavy atom. The molecule has 41 heavy (non-hydrogen) atoms. The standard InChI is InChI=1S/C30H21F4N3O3S/c31-23-11-13-24(14-12-23)37-27-15-10-22(16-21(27)17-35-37)29(38,30(32,33)34)26-18-36(28-9-5-4-8-25(26)28)41(39,40)19-20-6-2-1-3-7-20/h1-18,38H,19H2. The summed E-state index contributed by atoms with van der Waals surface area (Å²) in [7, 11) is -4.17. The van der Waals surface area contributed by atoms with Crippen molar-refractivity contribution in [2.75, 3.05) is 0 Å². The molecule has 0 aliphatic rings. The summed E-state index contributed by atoms with van der Waals surface area (Å²) in [4.78, 5) is 0. The van der Waals surface area contributed by atoms with Crippen LogP contribution in [0.2, 0.25) is 0 Å². The molecule has 1 unspecified atom stereocenters. The molecule has 0 amide bonds. The summed E-state index contributed by atoms with van der Waals surface area (Å²) in [6, 6.07) is 23.1. The zero-order valence-corrected chi connectivity index (χ0v) is 21.9. The molecule has 0 aliphatic carbocycles. The number of benzene rings is 4. The summed E-state index contributed by atoms with van der Waals surface area (Å²) in [5.41, 5.74) is -3.31. The highest BCUT2D eigenvalue weighted by atomic mass is 32.2. The fraction of sp³-hybridized carbons (Fsp3) is 0.100. The number of hydrogen-bond donors (Lipinski definition) is 1. The molecule has 0 saturated heterocycles. The Morgan fingerprint density at radius 3 is 2.22 bits per heavy atom. The van der Waals surface area contributed by atoms with Crippen molar-refractivity contribution >= 4 is 31.8 Å². The molecule has 6 aromatic rings. The SMILES string of the molecule is O=S(=O)(Cc1ccccc1)n1cc(C(O)(c2ccc3c(cnn3-c3ccc(F)cc3)c2)C(F)(F)F)c2ccccc21. The first-order chi connectivity index (χ1) is 19.5. The number of para-hydroxylation sites is 1. The second kappa shape index (κ2) is 9.57. The topological polar surface area (TPSA) is 77.1 Å². The first kappa shape index (κ1) is 26.7. The van der Waals surface area contributed by atoms with Crippen LogP contribution in [0.4, 0.5) is 17.6 Å². The molecule has 6 nitrogen and oxygen atoms in total. The van der Waals surface area contributed by atoms with Crippen molar-refractivity contribution in [2.24, 2.45) is 0 Å². The molecule has 1 N–H and O–H groups in total. The predicted molar refractivity (Wildman–Crippen MR) is 146 cm³/mol. The third kappa shape index (κ3) is 4.47. The summed E-state index contributed by atoms with van der Waals surface area (Å²) in [6.45, 7) is 0. The zero-order valence-electron chi connectivity index (χ0n) is 21.1. The third-order valence-corrected chi connectivity index (χ3v) is 8.63. The molecule has 0 fully saturated rings. The first-order valence-electron chi connectivity index (χ1n) is 12.4. The Balaban J connectivity index is 1.52. The van der Waals surface area contributed by atoms with Crippen LogP contribution in [0, 0.1) is 5.82 Å². The molecule has 0 spiro atoms. The maximum atomic E-state index is 14.9. The van der Waals surface area contributed by atoms with Gasteiger partial charge >= 0.3 is 6.18 Å². The van der Waals surface area contributed by atoms with E-state index in [-0.39, 0.29) is 16.3 Å². The molecule has 1 atom stereocenters. The van der Waals surface area contributed by atoms with Crippen LogP contribution in [0.5, 0.6) is 0 Å². The lowest BCUT2D eigenvalue weighted by molar-refractivity contribution is -0.247. The monoisotopic (exact) mass is 579 g/mol. The summed E-state index contributed by atoms with van der Waals surface area (Å²) < 4.78 is 87.2. The molecular weight excluding hydrogens is 558 g/mol. The second-order valence-electron chi connectivity index (χ2n) is 9.61. The van der Waals surface area contributed by atoms with Crippen molar-refractivity contribution in [2.45, 2.75) is 17.5 Å². The van der Waals surface area contributed by atoms with Gasteiger partial charge in [-0.05, 0) is 53.6 Å². The summed E-state index contributed by atoms with van der Waals surface area (Å²) >= 11 is 0. The van der Waals surface area contributed by atoms with Gasteiger partial charge in [0, 0.05) is 22.5 Å².